The molecule has 9 heteroatoms. The molecule has 2 aromatic carbocycles. The summed E-state index contributed by atoms with van der Waals surface area (Å²) in [6.07, 6.45) is 1.76. The van der Waals surface area contributed by atoms with Gasteiger partial charge in [0.05, 0.1) is 4.90 Å². The third kappa shape index (κ3) is 6.63. The molecule has 0 heterocycles. The molecule has 1 amide bonds. The molecule has 1 unspecified atom stereocenters. The topological polar surface area (TPSA) is 116 Å². The van der Waals surface area contributed by atoms with Gasteiger partial charge in [0, 0.05) is 16.2 Å². The van der Waals surface area contributed by atoms with Gasteiger partial charge < -0.3 is 10.1 Å². The predicted octanol–water partition coefficient (Wildman–Crippen LogP) is 2.68. The zero-order valence-corrected chi connectivity index (χ0v) is 16.7. The number of esters is 1. The Kier molecular flexibility index (Phi) is 6.89. The van der Waals surface area contributed by atoms with Gasteiger partial charge in [0.25, 0.3) is 5.91 Å². The molecule has 7 nitrogen and oxygen atoms in total. The number of carbonyl (C=O) groups is 2. The van der Waals surface area contributed by atoms with Crippen LogP contribution in [0.15, 0.2) is 64.0 Å². The smallest absolute Gasteiger partial charge is 0.331 e. The molecular weight excluding hydrogens is 436 g/mol. The molecule has 0 aliphatic rings. The monoisotopic (exact) mass is 452 g/mol. The van der Waals surface area contributed by atoms with Gasteiger partial charge in [0.2, 0.25) is 10.0 Å². The maximum atomic E-state index is 12.1. The van der Waals surface area contributed by atoms with Crippen LogP contribution < -0.4 is 10.5 Å². The van der Waals surface area contributed by atoms with Crippen molar-refractivity contribution in [3.05, 3.63) is 64.6 Å². The molecule has 0 saturated carbocycles. The normalized spacial score (nSPS) is 12.6. The number of anilines is 1. The van der Waals surface area contributed by atoms with Crippen molar-refractivity contribution in [1.29, 1.82) is 0 Å². The van der Waals surface area contributed by atoms with Crippen LogP contribution in [-0.4, -0.2) is 26.4 Å². The molecule has 0 bridgehead atoms. The number of sulfonamides is 1. The van der Waals surface area contributed by atoms with Crippen molar-refractivity contribution in [2.24, 2.45) is 5.14 Å². The van der Waals surface area contributed by atoms with E-state index < -0.39 is 28.0 Å². The molecule has 0 aromatic heterocycles. The number of primary sulfonamides is 1. The number of ether oxygens (including phenoxy) is 1. The van der Waals surface area contributed by atoms with Crippen LogP contribution in [0.5, 0.6) is 0 Å². The van der Waals surface area contributed by atoms with Crippen molar-refractivity contribution in [3.63, 3.8) is 0 Å². The minimum absolute atomic E-state index is 0.0716. The lowest BCUT2D eigenvalue weighted by molar-refractivity contribution is -0.148. The van der Waals surface area contributed by atoms with Gasteiger partial charge >= 0.3 is 5.97 Å². The average Bonchev–Trinajstić information content (AvgIpc) is 2.59. The van der Waals surface area contributed by atoms with Gasteiger partial charge in [-0.2, -0.15) is 0 Å². The van der Waals surface area contributed by atoms with Crippen LogP contribution in [0, 0.1) is 0 Å². The van der Waals surface area contributed by atoms with Crippen molar-refractivity contribution in [2.75, 3.05) is 5.32 Å². The van der Waals surface area contributed by atoms with E-state index in [4.69, 9.17) is 9.88 Å². The van der Waals surface area contributed by atoms with E-state index in [1.807, 2.05) is 24.3 Å². The van der Waals surface area contributed by atoms with Crippen LogP contribution in [0.1, 0.15) is 12.5 Å². The van der Waals surface area contributed by atoms with Crippen LogP contribution in [0.3, 0.4) is 0 Å². The quantitative estimate of drug-likeness (QED) is 0.516. The summed E-state index contributed by atoms with van der Waals surface area (Å²) in [5, 5.41) is 7.53. The largest absolute Gasteiger partial charge is 0.449 e. The molecule has 0 saturated heterocycles. The Bertz CT molecular complexity index is 972. The Morgan fingerprint density at radius 3 is 2.44 bits per heavy atom. The summed E-state index contributed by atoms with van der Waals surface area (Å²) in [5.74, 6) is -1.22. The first-order valence-corrected chi connectivity index (χ1v) is 10.1. The molecule has 2 aromatic rings. The fraction of sp³-hybridized carbons (Fsp3) is 0.111. The number of nitrogens with one attached hydrogen (secondary N) is 1. The zero-order chi connectivity index (χ0) is 20.0. The number of rotatable bonds is 6. The maximum Gasteiger partial charge on any atom is 0.331 e. The highest BCUT2D eigenvalue weighted by atomic mass is 79.9. The molecule has 0 aliphatic carbocycles. The van der Waals surface area contributed by atoms with E-state index in [1.54, 1.807) is 6.08 Å². The molecular formula is C18H17BrN2O5S. The highest BCUT2D eigenvalue weighted by Gasteiger charge is 2.17. The van der Waals surface area contributed by atoms with E-state index in [2.05, 4.69) is 21.2 Å². The first kappa shape index (κ1) is 20.8. The van der Waals surface area contributed by atoms with Crippen molar-refractivity contribution < 1.29 is 22.7 Å². The lowest BCUT2D eigenvalue weighted by Crippen LogP contribution is -2.29. The fourth-order valence-corrected chi connectivity index (χ4v) is 2.95. The highest BCUT2D eigenvalue weighted by molar-refractivity contribution is 9.10. The van der Waals surface area contributed by atoms with Gasteiger partial charge in [-0.1, -0.05) is 28.1 Å². The molecule has 0 spiro atoms. The lowest BCUT2D eigenvalue weighted by atomic mass is 10.2. The predicted molar refractivity (Wildman–Crippen MR) is 105 cm³/mol. The first-order chi connectivity index (χ1) is 12.6. The second-order valence-electron chi connectivity index (χ2n) is 5.53. The van der Waals surface area contributed by atoms with Crippen LogP contribution in [0.2, 0.25) is 0 Å². The molecule has 1 atom stereocenters. The molecule has 2 rings (SSSR count). The van der Waals surface area contributed by atoms with Crippen LogP contribution in [0.25, 0.3) is 6.08 Å². The number of carbonyl (C=O) groups excluding carboxylic acids is 2. The van der Waals surface area contributed by atoms with E-state index in [0.29, 0.717) is 5.69 Å². The summed E-state index contributed by atoms with van der Waals surface area (Å²) in [6.45, 7) is 1.43. The van der Waals surface area contributed by atoms with Gasteiger partial charge in [0.1, 0.15) is 0 Å². The second kappa shape index (κ2) is 8.94. The Morgan fingerprint density at radius 1 is 1.19 bits per heavy atom. The van der Waals surface area contributed by atoms with Gasteiger partial charge in [-0.25, -0.2) is 18.4 Å². The maximum absolute atomic E-state index is 12.1. The van der Waals surface area contributed by atoms with Gasteiger partial charge in [-0.05, 0) is 55.0 Å². The molecule has 0 fully saturated rings. The van der Waals surface area contributed by atoms with E-state index in [-0.39, 0.29) is 4.90 Å². The summed E-state index contributed by atoms with van der Waals surface area (Å²) in [7, 11) is -3.80. The number of hydrogen-bond donors (Lipinski definition) is 2. The van der Waals surface area contributed by atoms with Gasteiger partial charge in [0.15, 0.2) is 6.10 Å². The first-order valence-electron chi connectivity index (χ1n) is 7.73. The molecule has 27 heavy (non-hydrogen) atoms. The number of halogens is 1. The SMILES string of the molecule is CC(OC(=O)C=Cc1cccc(Br)c1)C(=O)Nc1ccc(S(N)(=O)=O)cc1. The van der Waals surface area contributed by atoms with Gasteiger partial charge in [-0.3, -0.25) is 4.79 Å². The Balaban J connectivity index is 1.92. The van der Waals surface area contributed by atoms with Crippen molar-refractivity contribution in [3.8, 4) is 0 Å². The zero-order valence-electron chi connectivity index (χ0n) is 14.3. The van der Waals surface area contributed by atoms with E-state index >= 15 is 0 Å². The standard InChI is InChI=1S/C18H17BrN2O5S/c1-12(26-17(22)10-5-13-3-2-4-14(19)11-13)18(23)21-15-6-8-16(9-7-15)27(20,24)25/h2-12H,1H3,(H,21,23)(H2,20,24,25). The highest BCUT2D eigenvalue weighted by Crippen LogP contribution is 2.14. The Morgan fingerprint density at radius 2 is 1.85 bits per heavy atom. The molecule has 0 radical (unpaired) electrons. The average molecular weight is 453 g/mol. The molecule has 0 aliphatic heterocycles. The molecule has 3 N–H and O–H groups in total. The van der Waals surface area contributed by atoms with E-state index in [0.717, 1.165) is 10.0 Å². The summed E-state index contributed by atoms with van der Waals surface area (Å²) in [5.41, 5.74) is 1.15. The second-order valence-corrected chi connectivity index (χ2v) is 8.00. The van der Waals surface area contributed by atoms with Gasteiger partial charge in [-0.15, -0.1) is 0 Å². The number of nitrogens with two attached hydrogens (primary N) is 1. The number of hydrogen-bond acceptors (Lipinski definition) is 5. The minimum Gasteiger partial charge on any atom is -0.449 e. The number of benzene rings is 2. The summed E-state index contributed by atoms with van der Waals surface area (Å²) >= 11 is 3.33. The van der Waals surface area contributed by atoms with Crippen molar-refractivity contribution >= 4 is 49.6 Å². The third-order valence-electron chi connectivity index (χ3n) is 3.37. The molecule has 142 valence electrons. The Labute approximate surface area is 165 Å². The lowest BCUT2D eigenvalue weighted by Gasteiger charge is -2.12. The van der Waals surface area contributed by atoms with Crippen LogP contribution in [0.4, 0.5) is 5.69 Å². The minimum atomic E-state index is -3.80. The van der Waals surface area contributed by atoms with Crippen molar-refractivity contribution in [2.45, 2.75) is 17.9 Å². The summed E-state index contributed by atoms with van der Waals surface area (Å²) < 4.78 is 28.3. The van der Waals surface area contributed by atoms with Crippen molar-refractivity contribution in [1.82, 2.24) is 0 Å². The van der Waals surface area contributed by atoms with E-state index in [1.165, 1.54) is 37.3 Å². The summed E-state index contributed by atoms with van der Waals surface area (Å²) in [4.78, 5) is 23.9. The fourth-order valence-electron chi connectivity index (χ4n) is 2.01. The van der Waals surface area contributed by atoms with E-state index in [9.17, 15) is 18.0 Å². The van der Waals surface area contributed by atoms with Crippen LogP contribution >= 0.6 is 15.9 Å². The van der Waals surface area contributed by atoms with Crippen LogP contribution in [-0.2, 0) is 24.3 Å². The number of amides is 1. The summed E-state index contributed by atoms with van der Waals surface area (Å²) in [6, 6.07) is 12.6. The Hall–Kier alpha value is -2.49. The third-order valence-corrected chi connectivity index (χ3v) is 4.80.